The number of nitrogens with zero attached hydrogens (tertiary/aromatic N) is 1. The van der Waals surface area contributed by atoms with Gasteiger partial charge in [-0.15, -0.1) is 22.7 Å². The third-order valence-electron chi connectivity index (χ3n) is 2.09. The van der Waals surface area contributed by atoms with E-state index in [2.05, 4.69) is 10.3 Å². The number of thiophene rings is 1. The molecule has 2 aromatic rings. The van der Waals surface area contributed by atoms with E-state index in [0.29, 0.717) is 15.7 Å². The lowest BCUT2D eigenvalue weighted by Gasteiger charge is -1.97. The maximum atomic E-state index is 11.8. The molecule has 0 radical (unpaired) electrons. The smallest absolute Gasteiger partial charge is 0.267 e. The molecule has 2 amide bonds. The highest BCUT2D eigenvalue weighted by atomic mass is 32.1. The number of nitrogens with one attached hydrogen (secondary N) is 1. The van der Waals surface area contributed by atoms with Crippen molar-refractivity contribution < 1.29 is 9.59 Å². The van der Waals surface area contributed by atoms with Crippen LogP contribution in [0.3, 0.4) is 0 Å². The van der Waals surface area contributed by atoms with Gasteiger partial charge in [0.1, 0.15) is 0 Å². The second kappa shape index (κ2) is 5.28. The van der Waals surface area contributed by atoms with Crippen molar-refractivity contribution in [1.82, 2.24) is 4.98 Å². The summed E-state index contributed by atoms with van der Waals surface area (Å²) in [6, 6.07) is 3.66. The summed E-state index contributed by atoms with van der Waals surface area (Å²) in [4.78, 5) is 28.4. The monoisotopic (exact) mass is 281 g/mol. The van der Waals surface area contributed by atoms with Crippen LogP contribution >= 0.6 is 22.7 Å². The van der Waals surface area contributed by atoms with Crippen LogP contribution in [0, 0.1) is 6.92 Å². The molecule has 0 bridgehead atoms. The Morgan fingerprint density at radius 3 is 2.83 bits per heavy atom. The molecule has 0 aliphatic rings. The lowest BCUT2D eigenvalue weighted by atomic mass is 10.3. The zero-order valence-electron chi connectivity index (χ0n) is 9.60. The highest BCUT2D eigenvalue weighted by Gasteiger charge is 2.11. The highest BCUT2D eigenvalue weighted by Crippen LogP contribution is 2.20. The summed E-state index contributed by atoms with van der Waals surface area (Å²) in [6.07, 6.45) is 0.0878. The van der Waals surface area contributed by atoms with Gasteiger partial charge in [-0.3, -0.25) is 14.9 Å². The van der Waals surface area contributed by atoms with Crippen LogP contribution in [0.15, 0.2) is 17.5 Å². The fourth-order valence-corrected chi connectivity index (χ4v) is 2.81. The fourth-order valence-electron chi connectivity index (χ4n) is 1.34. The zero-order chi connectivity index (χ0) is 13.1. The van der Waals surface area contributed by atoms with Crippen molar-refractivity contribution in [3.05, 3.63) is 33.0 Å². The van der Waals surface area contributed by atoms with Gasteiger partial charge < -0.3 is 5.73 Å². The molecule has 0 atom stereocenters. The third kappa shape index (κ3) is 3.14. The summed E-state index contributed by atoms with van der Waals surface area (Å²) >= 11 is 2.70. The van der Waals surface area contributed by atoms with E-state index < -0.39 is 5.91 Å². The number of aryl methyl sites for hydroxylation is 1. The summed E-state index contributed by atoms with van der Waals surface area (Å²) in [6.45, 7) is 1.94. The van der Waals surface area contributed by atoms with Crippen LogP contribution in [-0.2, 0) is 11.2 Å². The van der Waals surface area contributed by atoms with Crippen LogP contribution in [0.5, 0.6) is 0 Å². The minimum Gasteiger partial charge on any atom is -0.369 e. The van der Waals surface area contributed by atoms with E-state index in [-0.39, 0.29) is 12.3 Å². The van der Waals surface area contributed by atoms with Crippen molar-refractivity contribution in [3.8, 4) is 0 Å². The predicted octanol–water partition coefficient (Wildman–Crippen LogP) is 1.79. The molecular formula is C11H11N3O2S2. The maximum Gasteiger partial charge on any atom is 0.267 e. The molecule has 2 aromatic heterocycles. The van der Waals surface area contributed by atoms with Crippen LogP contribution in [-0.4, -0.2) is 16.8 Å². The summed E-state index contributed by atoms with van der Waals surface area (Å²) in [5.74, 6) is -0.625. The van der Waals surface area contributed by atoms with Crippen molar-refractivity contribution >= 4 is 39.6 Å². The van der Waals surface area contributed by atoms with E-state index in [9.17, 15) is 9.59 Å². The SMILES string of the molecule is Cc1ccc(C(=O)Nc2nc(CC(N)=O)cs2)s1. The van der Waals surface area contributed by atoms with E-state index >= 15 is 0 Å². The van der Waals surface area contributed by atoms with Gasteiger partial charge in [-0.05, 0) is 19.1 Å². The number of nitrogens with two attached hydrogens (primary N) is 1. The Balaban J connectivity index is 2.03. The number of thiazole rings is 1. The number of aromatic nitrogens is 1. The van der Waals surface area contributed by atoms with Crippen LogP contribution in [0.1, 0.15) is 20.2 Å². The molecule has 0 aliphatic heterocycles. The molecule has 0 spiro atoms. The van der Waals surface area contributed by atoms with Crippen LogP contribution in [0.4, 0.5) is 5.13 Å². The molecule has 0 saturated heterocycles. The van der Waals surface area contributed by atoms with Crippen molar-refractivity contribution in [2.24, 2.45) is 5.73 Å². The van der Waals surface area contributed by atoms with Gasteiger partial charge in [0.2, 0.25) is 5.91 Å². The lowest BCUT2D eigenvalue weighted by Crippen LogP contribution is -2.14. The molecule has 7 heteroatoms. The number of rotatable bonds is 4. The summed E-state index contributed by atoms with van der Waals surface area (Å²) in [7, 11) is 0. The Kier molecular flexibility index (Phi) is 3.73. The Morgan fingerprint density at radius 1 is 1.44 bits per heavy atom. The van der Waals surface area contributed by atoms with Gasteiger partial charge in [0.25, 0.3) is 5.91 Å². The maximum absolute atomic E-state index is 11.8. The standard InChI is InChI=1S/C11H11N3O2S2/c1-6-2-3-8(18-6)10(16)14-11-13-7(5-17-11)4-9(12)15/h2-3,5H,4H2,1H3,(H2,12,15)(H,13,14,16). The zero-order valence-corrected chi connectivity index (χ0v) is 11.2. The van der Waals surface area contributed by atoms with E-state index in [0.717, 1.165) is 4.88 Å². The van der Waals surface area contributed by atoms with E-state index in [1.54, 1.807) is 11.4 Å². The molecule has 3 N–H and O–H groups in total. The first-order valence-electron chi connectivity index (χ1n) is 5.15. The third-order valence-corrected chi connectivity index (χ3v) is 3.90. The minimum atomic E-state index is -0.438. The van der Waals surface area contributed by atoms with Gasteiger partial charge in [-0.25, -0.2) is 4.98 Å². The van der Waals surface area contributed by atoms with Crippen LogP contribution < -0.4 is 11.1 Å². The first-order chi connectivity index (χ1) is 8.54. The van der Waals surface area contributed by atoms with Crippen molar-refractivity contribution in [3.63, 3.8) is 0 Å². The van der Waals surface area contributed by atoms with Gasteiger partial charge in [0, 0.05) is 10.3 Å². The van der Waals surface area contributed by atoms with Gasteiger partial charge in [0.15, 0.2) is 5.13 Å². The molecule has 5 nitrogen and oxygen atoms in total. The quantitative estimate of drug-likeness (QED) is 0.896. The van der Waals surface area contributed by atoms with E-state index in [4.69, 9.17) is 5.73 Å². The number of hydrogen-bond donors (Lipinski definition) is 2. The first kappa shape index (κ1) is 12.7. The molecule has 0 unspecified atom stereocenters. The van der Waals surface area contributed by atoms with Gasteiger partial charge in [0.05, 0.1) is 17.0 Å². The molecule has 18 heavy (non-hydrogen) atoms. The van der Waals surface area contributed by atoms with E-state index in [1.165, 1.54) is 22.7 Å². The van der Waals surface area contributed by atoms with Crippen molar-refractivity contribution in [2.75, 3.05) is 5.32 Å². The Morgan fingerprint density at radius 2 is 2.22 bits per heavy atom. The normalized spacial score (nSPS) is 10.3. The van der Waals surface area contributed by atoms with Gasteiger partial charge in [-0.1, -0.05) is 0 Å². The second-order valence-electron chi connectivity index (χ2n) is 3.65. The second-order valence-corrected chi connectivity index (χ2v) is 5.80. The topological polar surface area (TPSA) is 85.1 Å². The Hall–Kier alpha value is -1.73. The summed E-state index contributed by atoms with van der Waals surface area (Å²) < 4.78 is 0. The predicted molar refractivity (Wildman–Crippen MR) is 72.0 cm³/mol. The average Bonchev–Trinajstić information content (AvgIpc) is 2.87. The Labute approximate surface area is 112 Å². The molecule has 0 aliphatic carbocycles. The first-order valence-corrected chi connectivity index (χ1v) is 6.84. The number of amides is 2. The molecule has 0 fully saturated rings. The largest absolute Gasteiger partial charge is 0.369 e. The summed E-state index contributed by atoms with van der Waals surface area (Å²) in [5.41, 5.74) is 5.64. The molecule has 0 saturated carbocycles. The Bertz CT molecular complexity index is 589. The van der Waals surface area contributed by atoms with Gasteiger partial charge >= 0.3 is 0 Å². The summed E-state index contributed by atoms with van der Waals surface area (Å²) in [5, 5.41) is 4.87. The number of hydrogen-bond acceptors (Lipinski definition) is 5. The van der Waals surface area contributed by atoms with Crippen molar-refractivity contribution in [1.29, 1.82) is 0 Å². The van der Waals surface area contributed by atoms with Crippen molar-refractivity contribution in [2.45, 2.75) is 13.3 Å². The van der Waals surface area contributed by atoms with E-state index in [1.807, 2.05) is 13.0 Å². The number of anilines is 1. The fraction of sp³-hybridized carbons (Fsp3) is 0.182. The number of primary amides is 1. The molecule has 2 rings (SSSR count). The van der Waals surface area contributed by atoms with Gasteiger partial charge in [-0.2, -0.15) is 0 Å². The number of carbonyl (C=O) groups is 2. The molecular weight excluding hydrogens is 270 g/mol. The average molecular weight is 281 g/mol. The lowest BCUT2D eigenvalue weighted by molar-refractivity contribution is -0.117. The molecule has 94 valence electrons. The van der Waals surface area contributed by atoms with Crippen LogP contribution in [0.25, 0.3) is 0 Å². The molecule has 2 heterocycles. The highest BCUT2D eigenvalue weighted by molar-refractivity contribution is 7.15. The van der Waals surface area contributed by atoms with Crippen LogP contribution in [0.2, 0.25) is 0 Å². The minimum absolute atomic E-state index is 0.0878. The number of carbonyl (C=O) groups excluding carboxylic acids is 2. The molecule has 0 aromatic carbocycles.